The number of aliphatic hydroxyl groups is 1. The molecule has 0 bridgehead atoms. The van der Waals surface area contributed by atoms with Gasteiger partial charge in [0, 0.05) is 12.8 Å². The van der Waals surface area contributed by atoms with Gasteiger partial charge in [-0.1, -0.05) is 363 Å². The highest BCUT2D eigenvalue weighted by Gasteiger charge is 2.16. The molecule has 92 heavy (non-hydrogen) atoms. The van der Waals surface area contributed by atoms with Crippen molar-refractivity contribution in [2.24, 2.45) is 0 Å². The molecule has 0 aliphatic carbocycles. The Labute approximate surface area is 569 Å². The molecule has 5 heteroatoms. The fourth-order valence-corrected chi connectivity index (χ4v) is 10.5. The van der Waals surface area contributed by atoms with Gasteiger partial charge in [0.1, 0.15) is 6.61 Å². The first-order chi connectivity index (χ1) is 45.6. The van der Waals surface area contributed by atoms with Crippen molar-refractivity contribution in [3.63, 3.8) is 0 Å². The molecule has 0 aliphatic heterocycles. The molecule has 0 saturated carbocycles. The molecule has 0 aromatic heterocycles. The number of ether oxygens (including phenoxy) is 2. The van der Waals surface area contributed by atoms with Crippen LogP contribution in [-0.2, 0) is 19.1 Å². The summed E-state index contributed by atoms with van der Waals surface area (Å²) in [6, 6.07) is 0. The summed E-state index contributed by atoms with van der Waals surface area (Å²) >= 11 is 0. The molecule has 0 rings (SSSR count). The third-order valence-corrected chi connectivity index (χ3v) is 16.2. The van der Waals surface area contributed by atoms with Gasteiger partial charge in [-0.25, -0.2) is 0 Å². The molecule has 0 aromatic carbocycles. The van der Waals surface area contributed by atoms with Crippen LogP contribution in [0.15, 0.2) is 182 Å². The Morgan fingerprint density at radius 2 is 0.467 bits per heavy atom. The van der Waals surface area contributed by atoms with Crippen molar-refractivity contribution < 1.29 is 24.2 Å². The van der Waals surface area contributed by atoms with Gasteiger partial charge in [0.05, 0.1) is 6.61 Å². The molecule has 1 unspecified atom stereocenters. The highest BCUT2D eigenvalue weighted by Crippen LogP contribution is 2.17. The second-order valence-corrected chi connectivity index (χ2v) is 25.0. The van der Waals surface area contributed by atoms with Crippen LogP contribution in [0.4, 0.5) is 0 Å². The number of carbonyl (C=O) groups excluding carboxylic acids is 2. The van der Waals surface area contributed by atoms with E-state index in [2.05, 4.69) is 196 Å². The van der Waals surface area contributed by atoms with Crippen LogP contribution in [0.1, 0.15) is 335 Å². The standard InChI is InChI=1S/C87H142O5/c1-3-5-7-9-11-13-15-17-19-21-23-25-27-29-31-33-35-37-39-41-42-43-44-46-48-50-52-54-56-58-60-62-64-66-68-70-72-74-76-78-80-82-87(90)92-85(83-88)84-91-86(89)81-79-77-75-73-71-69-67-65-63-61-59-57-55-53-51-49-47-45-40-38-36-34-32-30-28-26-24-22-20-18-16-14-12-10-8-6-4-2/h5,7,11,13,16-19,22-25,28-31,35,37,41-42,44,46,50,52,56,58,62,64,68,70,85,88H,3-4,6,8-10,12,14-15,20-21,26-27,32-34,36,38-40,43,45,47-49,51,53-55,57,59-61,63,65-67,69,71-84H2,1-2H3/b7-5-,13-11-,18-16-,19-17-,24-22-,25-23-,30-28-,31-29-,37-35-,42-41-,46-44-,52-50-,58-56-,64-62-,70-68-. The Kier molecular flexibility index (Phi) is 75.9. The van der Waals surface area contributed by atoms with Crippen LogP contribution in [0, 0.1) is 0 Å². The molecule has 520 valence electrons. The van der Waals surface area contributed by atoms with E-state index in [4.69, 9.17) is 9.47 Å². The van der Waals surface area contributed by atoms with Crippen molar-refractivity contribution in [1.29, 1.82) is 0 Å². The summed E-state index contributed by atoms with van der Waals surface area (Å²) in [5.41, 5.74) is 0. The van der Waals surface area contributed by atoms with Crippen LogP contribution in [-0.4, -0.2) is 36.4 Å². The van der Waals surface area contributed by atoms with E-state index in [0.717, 1.165) is 141 Å². The molecule has 0 spiro atoms. The first-order valence-corrected chi connectivity index (χ1v) is 38.3. The maximum Gasteiger partial charge on any atom is 0.306 e. The van der Waals surface area contributed by atoms with Crippen molar-refractivity contribution in [2.45, 2.75) is 341 Å². The van der Waals surface area contributed by atoms with Gasteiger partial charge in [0.25, 0.3) is 0 Å². The molecular formula is C87H142O5. The average molecular weight is 1270 g/mol. The Bertz CT molecular complexity index is 2020. The number of rotatable bonds is 69. The van der Waals surface area contributed by atoms with Gasteiger partial charge in [-0.05, 0) is 141 Å². The maximum absolute atomic E-state index is 12.4. The van der Waals surface area contributed by atoms with Crippen LogP contribution >= 0.6 is 0 Å². The van der Waals surface area contributed by atoms with E-state index < -0.39 is 6.10 Å². The quantitative estimate of drug-likeness (QED) is 0.0373. The molecule has 1 N–H and O–H groups in total. The van der Waals surface area contributed by atoms with E-state index >= 15 is 0 Å². The monoisotopic (exact) mass is 1270 g/mol. The Balaban J connectivity index is 3.57. The summed E-state index contributed by atoms with van der Waals surface area (Å²) in [7, 11) is 0. The summed E-state index contributed by atoms with van der Waals surface area (Å²) < 4.78 is 10.7. The van der Waals surface area contributed by atoms with Gasteiger partial charge >= 0.3 is 11.9 Å². The first kappa shape index (κ1) is 87.0. The molecule has 1 atom stereocenters. The van der Waals surface area contributed by atoms with Gasteiger partial charge in [-0.3, -0.25) is 9.59 Å². The fraction of sp³-hybridized carbons (Fsp3) is 0.632. The van der Waals surface area contributed by atoms with E-state index in [1.165, 1.54) is 167 Å². The third-order valence-electron chi connectivity index (χ3n) is 16.2. The average Bonchev–Trinajstić information content (AvgIpc) is 3.64. The second-order valence-electron chi connectivity index (χ2n) is 25.0. The lowest BCUT2D eigenvalue weighted by Gasteiger charge is -2.15. The normalized spacial score (nSPS) is 13.3. The summed E-state index contributed by atoms with van der Waals surface area (Å²) in [5.74, 6) is -0.620. The van der Waals surface area contributed by atoms with Gasteiger partial charge in [0.2, 0.25) is 0 Å². The van der Waals surface area contributed by atoms with Crippen LogP contribution in [0.5, 0.6) is 0 Å². The minimum absolute atomic E-state index is 0.0840. The number of aliphatic hydroxyl groups excluding tert-OH is 1. The highest BCUT2D eigenvalue weighted by molar-refractivity contribution is 5.70. The number of hydrogen-bond donors (Lipinski definition) is 1. The third kappa shape index (κ3) is 77.4. The van der Waals surface area contributed by atoms with E-state index in [1.54, 1.807) is 0 Å². The van der Waals surface area contributed by atoms with Crippen molar-refractivity contribution in [3.8, 4) is 0 Å². The highest BCUT2D eigenvalue weighted by atomic mass is 16.6. The van der Waals surface area contributed by atoms with Gasteiger partial charge in [0.15, 0.2) is 6.10 Å². The van der Waals surface area contributed by atoms with E-state index in [0.29, 0.717) is 12.8 Å². The first-order valence-electron chi connectivity index (χ1n) is 38.3. The minimum atomic E-state index is -0.799. The second kappa shape index (κ2) is 80.2. The van der Waals surface area contributed by atoms with E-state index in [-0.39, 0.29) is 25.2 Å². The van der Waals surface area contributed by atoms with Crippen LogP contribution < -0.4 is 0 Å². The lowest BCUT2D eigenvalue weighted by molar-refractivity contribution is -0.161. The van der Waals surface area contributed by atoms with Crippen LogP contribution in [0.2, 0.25) is 0 Å². The lowest BCUT2D eigenvalue weighted by Crippen LogP contribution is -2.28. The Morgan fingerprint density at radius 1 is 0.261 bits per heavy atom. The predicted molar refractivity (Wildman–Crippen MR) is 407 cm³/mol. The van der Waals surface area contributed by atoms with Gasteiger partial charge in [-0.2, -0.15) is 0 Å². The number of allylic oxidation sites excluding steroid dienone is 30. The molecular weight excluding hydrogens is 1120 g/mol. The van der Waals surface area contributed by atoms with E-state index in [9.17, 15) is 14.7 Å². The molecule has 0 radical (unpaired) electrons. The zero-order valence-corrected chi connectivity index (χ0v) is 59.7. The Morgan fingerprint density at radius 3 is 0.707 bits per heavy atom. The SMILES string of the molecule is CC/C=C\C/C=C\C/C=C\C/C=C\C/C=C\C/C=C\C/C=C\C/C=C\C/C=C\C/C=C\C/C=C\C/C=C\CCCCCCC(=O)OC(CO)COC(=O)CCCCCCCCCCCCCCCCCCCCCCCC/C=C\C/C=C\C/C=C\CCCCCCC. The smallest absolute Gasteiger partial charge is 0.306 e. The molecule has 0 aromatic rings. The van der Waals surface area contributed by atoms with Crippen molar-refractivity contribution >= 4 is 11.9 Å². The summed E-state index contributed by atoms with van der Waals surface area (Å²) in [4.78, 5) is 24.7. The number of esters is 2. The van der Waals surface area contributed by atoms with E-state index in [1.807, 2.05) is 0 Å². The van der Waals surface area contributed by atoms with Gasteiger partial charge in [-0.15, -0.1) is 0 Å². The zero-order valence-electron chi connectivity index (χ0n) is 59.7. The predicted octanol–water partition coefficient (Wildman–Crippen LogP) is 27.3. The van der Waals surface area contributed by atoms with Crippen molar-refractivity contribution in [2.75, 3.05) is 13.2 Å². The Hall–Kier alpha value is -5.00. The molecule has 0 saturated heterocycles. The summed E-state index contributed by atoms with van der Waals surface area (Å²) in [5, 5.41) is 9.72. The number of carbonyl (C=O) groups is 2. The van der Waals surface area contributed by atoms with Gasteiger partial charge < -0.3 is 14.6 Å². The van der Waals surface area contributed by atoms with Crippen molar-refractivity contribution in [3.05, 3.63) is 182 Å². The molecule has 0 heterocycles. The van der Waals surface area contributed by atoms with Crippen molar-refractivity contribution in [1.82, 2.24) is 0 Å². The molecule has 0 aliphatic rings. The molecule has 0 fully saturated rings. The zero-order chi connectivity index (χ0) is 66.1. The molecule has 0 amide bonds. The minimum Gasteiger partial charge on any atom is -0.462 e. The fourth-order valence-electron chi connectivity index (χ4n) is 10.5. The number of unbranched alkanes of at least 4 members (excludes halogenated alkanes) is 31. The summed E-state index contributed by atoms with van der Waals surface area (Å²) in [6.45, 7) is 4.01. The lowest BCUT2D eigenvalue weighted by atomic mass is 10.0. The topological polar surface area (TPSA) is 72.8 Å². The largest absolute Gasteiger partial charge is 0.462 e. The number of hydrogen-bond acceptors (Lipinski definition) is 5. The molecule has 5 nitrogen and oxygen atoms in total. The summed E-state index contributed by atoms with van der Waals surface area (Å²) in [6.07, 6.45) is 125. The maximum atomic E-state index is 12.4. The van der Waals surface area contributed by atoms with Crippen LogP contribution in [0.3, 0.4) is 0 Å². The van der Waals surface area contributed by atoms with Crippen LogP contribution in [0.25, 0.3) is 0 Å².